The normalized spacial score (nSPS) is 19.8. The van der Waals surface area contributed by atoms with Crippen molar-refractivity contribution in [2.24, 2.45) is 0 Å². The molecule has 0 bridgehead atoms. The third-order valence-electron chi connectivity index (χ3n) is 5.58. The summed E-state index contributed by atoms with van der Waals surface area (Å²) in [5.74, 6) is -0.113. The van der Waals surface area contributed by atoms with Gasteiger partial charge in [-0.05, 0) is 43.9 Å². The summed E-state index contributed by atoms with van der Waals surface area (Å²) in [5, 5.41) is 3.00. The van der Waals surface area contributed by atoms with E-state index in [1.807, 2.05) is 49.4 Å². The van der Waals surface area contributed by atoms with Crippen LogP contribution in [0.25, 0.3) is 0 Å². The standard InChI is InChI=1S/C23H30N2O3S/c1-18-12-14-21(15-13-18)29(27,28)25(17-16-20-8-4-3-5-9-20)23-11-7-6-10-22(23)24-19(2)26/h3-5,8-9,12-15,22-23H,6-7,10-11,16-17H2,1-2H3,(H,24,26)/t22-,23-/m0/s1. The van der Waals surface area contributed by atoms with Crippen LogP contribution < -0.4 is 5.32 Å². The first-order valence-electron chi connectivity index (χ1n) is 10.3. The molecule has 0 unspecified atom stereocenters. The lowest BCUT2D eigenvalue weighted by Crippen LogP contribution is -2.55. The van der Waals surface area contributed by atoms with Crippen molar-refractivity contribution >= 4 is 15.9 Å². The van der Waals surface area contributed by atoms with E-state index in [9.17, 15) is 13.2 Å². The van der Waals surface area contributed by atoms with Crippen LogP contribution in [0.15, 0.2) is 59.5 Å². The Labute approximate surface area is 174 Å². The van der Waals surface area contributed by atoms with E-state index in [2.05, 4.69) is 5.32 Å². The number of hydrogen-bond acceptors (Lipinski definition) is 3. The minimum Gasteiger partial charge on any atom is -0.352 e. The fraction of sp³-hybridized carbons (Fsp3) is 0.435. The highest BCUT2D eigenvalue weighted by Gasteiger charge is 2.37. The molecule has 156 valence electrons. The highest BCUT2D eigenvalue weighted by molar-refractivity contribution is 7.89. The van der Waals surface area contributed by atoms with Crippen LogP contribution in [0.5, 0.6) is 0 Å². The van der Waals surface area contributed by atoms with Gasteiger partial charge in [0.25, 0.3) is 0 Å². The van der Waals surface area contributed by atoms with Gasteiger partial charge in [-0.25, -0.2) is 8.42 Å². The molecule has 1 N–H and O–H groups in total. The third-order valence-corrected chi connectivity index (χ3v) is 7.52. The molecule has 0 saturated heterocycles. The van der Waals surface area contributed by atoms with E-state index in [-0.39, 0.29) is 18.0 Å². The monoisotopic (exact) mass is 414 g/mol. The lowest BCUT2D eigenvalue weighted by atomic mass is 9.90. The smallest absolute Gasteiger partial charge is 0.243 e. The van der Waals surface area contributed by atoms with Crippen LogP contribution in [0.3, 0.4) is 0 Å². The minimum atomic E-state index is -3.67. The molecule has 0 heterocycles. The summed E-state index contributed by atoms with van der Waals surface area (Å²) < 4.78 is 28.8. The van der Waals surface area contributed by atoms with Crippen molar-refractivity contribution in [3.8, 4) is 0 Å². The molecule has 2 aromatic carbocycles. The molecule has 1 aliphatic carbocycles. The quantitative estimate of drug-likeness (QED) is 0.752. The molecule has 0 aliphatic heterocycles. The van der Waals surface area contributed by atoms with Gasteiger partial charge in [-0.3, -0.25) is 4.79 Å². The summed E-state index contributed by atoms with van der Waals surface area (Å²) in [6.45, 7) is 3.83. The fourth-order valence-electron chi connectivity index (χ4n) is 4.08. The summed E-state index contributed by atoms with van der Waals surface area (Å²) in [7, 11) is -3.67. The molecule has 5 nitrogen and oxygen atoms in total. The molecular weight excluding hydrogens is 384 g/mol. The van der Waals surface area contributed by atoms with Crippen molar-refractivity contribution in [1.82, 2.24) is 9.62 Å². The molecule has 2 aromatic rings. The first-order chi connectivity index (χ1) is 13.9. The Kier molecular flexibility index (Phi) is 7.09. The Bertz CT molecular complexity index is 911. The van der Waals surface area contributed by atoms with E-state index in [0.29, 0.717) is 17.9 Å². The maximum atomic E-state index is 13.6. The van der Waals surface area contributed by atoms with Crippen molar-refractivity contribution in [2.45, 2.75) is 62.9 Å². The average Bonchev–Trinajstić information content (AvgIpc) is 2.70. The Morgan fingerprint density at radius 3 is 2.34 bits per heavy atom. The highest BCUT2D eigenvalue weighted by atomic mass is 32.2. The van der Waals surface area contributed by atoms with Crippen LogP contribution in [-0.4, -0.2) is 37.3 Å². The van der Waals surface area contributed by atoms with Gasteiger partial charge in [0.15, 0.2) is 0 Å². The maximum absolute atomic E-state index is 13.6. The number of nitrogens with zero attached hydrogens (tertiary/aromatic N) is 1. The van der Waals surface area contributed by atoms with Crippen molar-refractivity contribution in [1.29, 1.82) is 0 Å². The summed E-state index contributed by atoms with van der Waals surface area (Å²) in [6.07, 6.45) is 4.15. The lowest BCUT2D eigenvalue weighted by molar-refractivity contribution is -0.120. The van der Waals surface area contributed by atoms with Gasteiger partial charge in [-0.2, -0.15) is 4.31 Å². The maximum Gasteiger partial charge on any atom is 0.243 e. The number of aryl methyl sites for hydroxylation is 1. The zero-order chi connectivity index (χ0) is 20.9. The second-order valence-corrected chi connectivity index (χ2v) is 9.71. The summed E-state index contributed by atoms with van der Waals surface area (Å²) in [6, 6.07) is 16.5. The average molecular weight is 415 g/mol. The van der Waals surface area contributed by atoms with E-state index < -0.39 is 10.0 Å². The zero-order valence-corrected chi connectivity index (χ0v) is 18.0. The van der Waals surface area contributed by atoms with Crippen molar-refractivity contribution in [3.05, 3.63) is 65.7 Å². The predicted octanol–water partition coefficient (Wildman–Crippen LogP) is 3.68. The Morgan fingerprint density at radius 1 is 1.03 bits per heavy atom. The first kappa shape index (κ1) is 21.5. The molecule has 1 aliphatic rings. The van der Waals surface area contributed by atoms with E-state index in [1.54, 1.807) is 16.4 Å². The molecule has 1 fully saturated rings. The number of sulfonamides is 1. The number of carbonyl (C=O) groups is 1. The van der Waals surface area contributed by atoms with Crippen LogP contribution >= 0.6 is 0 Å². The van der Waals surface area contributed by atoms with E-state index >= 15 is 0 Å². The predicted molar refractivity (Wildman–Crippen MR) is 115 cm³/mol. The van der Waals surface area contributed by atoms with Gasteiger partial charge >= 0.3 is 0 Å². The number of carbonyl (C=O) groups excluding carboxylic acids is 1. The van der Waals surface area contributed by atoms with E-state index in [0.717, 1.165) is 36.8 Å². The van der Waals surface area contributed by atoms with Crippen molar-refractivity contribution < 1.29 is 13.2 Å². The molecule has 3 rings (SSSR count). The SMILES string of the molecule is CC(=O)N[C@H]1CCCC[C@@H]1N(CCc1ccccc1)S(=O)(=O)c1ccc(C)cc1. The van der Waals surface area contributed by atoms with Crippen LogP contribution in [0.4, 0.5) is 0 Å². The van der Waals surface area contributed by atoms with Gasteiger partial charge in [0.1, 0.15) is 0 Å². The van der Waals surface area contributed by atoms with Crippen molar-refractivity contribution in [2.75, 3.05) is 6.54 Å². The van der Waals surface area contributed by atoms with Gasteiger partial charge in [0, 0.05) is 25.6 Å². The molecular formula is C23H30N2O3S. The van der Waals surface area contributed by atoms with Crippen LogP contribution in [0, 0.1) is 6.92 Å². The summed E-state index contributed by atoms with van der Waals surface area (Å²) in [5.41, 5.74) is 2.12. The zero-order valence-electron chi connectivity index (χ0n) is 17.2. The molecule has 2 atom stereocenters. The number of hydrogen-bond donors (Lipinski definition) is 1. The highest BCUT2D eigenvalue weighted by Crippen LogP contribution is 2.29. The van der Waals surface area contributed by atoms with Crippen LogP contribution in [-0.2, 0) is 21.2 Å². The second-order valence-electron chi connectivity index (χ2n) is 7.82. The van der Waals surface area contributed by atoms with E-state index in [1.165, 1.54) is 6.92 Å². The van der Waals surface area contributed by atoms with Crippen LogP contribution in [0.2, 0.25) is 0 Å². The molecule has 0 radical (unpaired) electrons. The van der Waals surface area contributed by atoms with Gasteiger partial charge < -0.3 is 5.32 Å². The first-order valence-corrected chi connectivity index (χ1v) is 11.7. The molecule has 0 aromatic heterocycles. The third kappa shape index (κ3) is 5.46. The van der Waals surface area contributed by atoms with E-state index in [4.69, 9.17) is 0 Å². The summed E-state index contributed by atoms with van der Waals surface area (Å²) >= 11 is 0. The van der Waals surface area contributed by atoms with Gasteiger partial charge in [-0.15, -0.1) is 0 Å². The van der Waals surface area contributed by atoms with Crippen molar-refractivity contribution in [3.63, 3.8) is 0 Å². The molecule has 6 heteroatoms. The Hall–Kier alpha value is -2.18. The summed E-state index contributed by atoms with van der Waals surface area (Å²) in [4.78, 5) is 12.0. The minimum absolute atomic E-state index is 0.113. The largest absolute Gasteiger partial charge is 0.352 e. The lowest BCUT2D eigenvalue weighted by Gasteiger charge is -2.39. The molecule has 29 heavy (non-hydrogen) atoms. The Balaban J connectivity index is 1.93. The van der Waals surface area contributed by atoms with Gasteiger partial charge in [0.05, 0.1) is 4.90 Å². The second kappa shape index (κ2) is 9.55. The number of amides is 1. The Morgan fingerprint density at radius 2 is 1.69 bits per heavy atom. The number of nitrogens with one attached hydrogen (secondary N) is 1. The fourth-order valence-corrected chi connectivity index (χ4v) is 5.77. The van der Waals surface area contributed by atoms with Gasteiger partial charge in [-0.1, -0.05) is 60.9 Å². The van der Waals surface area contributed by atoms with Gasteiger partial charge in [0.2, 0.25) is 15.9 Å². The molecule has 1 amide bonds. The van der Waals surface area contributed by atoms with Crippen LogP contribution in [0.1, 0.15) is 43.7 Å². The number of benzene rings is 2. The topological polar surface area (TPSA) is 66.5 Å². The number of rotatable bonds is 7. The molecule has 0 spiro atoms. The molecule has 1 saturated carbocycles.